The van der Waals surface area contributed by atoms with E-state index >= 15 is 0 Å². The Morgan fingerprint density at radius 3 is 2.17 bits per heavy atom. The molecule has 1 aliphatic carbocycles. The van der Waals surface area contributed by atoms with Crippen LogP contribution >= 0.6 is 11.8 Å². The van der Waals surface area contributed by atoms with Crippen molar-refractivity contribution in [2.24, 2.45) is 5.92 Å². The molecule has 2 amide bonds. The second-order valence-corrected chi connectivity index (χ2v) is 9.12. The summed E-state index contributed by atoms with van der Waals surface area (Å²) < 4.78 is 0.154. The number of amides is 2. The van der Waals surface area contributed by atoms with Crippen LogP contribution < -0.4 is 10.6 Å². The van der Waals surface area contributed by atoms with Gasteiger partial charge in [-0.15, -0.1) is 11.8 Å². The quantitative estimate of drug-likeness (QED) is 0.706. The second-order valence-electron chi connectivity index (χ2n) is 7.22. The minimum Gasteiger partial charge on any atom is -0.481 e. The van der Waals surface area contributed by atoms with Crippen molar-refractivity contribution in [1.82, 2.24) is 5.32 Å². The summed E-state index contributed by atoms with van der Waals surface area (Å²) in [5.41, 5.74) is 0.755. The van der Waals surface area contributed by atoms with Crippen molar-refractivity contribution in [3.8, 4) is 0 Å². The molecule has 0 saturated heterocycles. The van der Waals surface area contributed by atoms with Crippen molar-refractivity contribution in [1.29, 1.82) is 0 Å². The SMILES string of the molecule is CC(C)(C)Sc1ccc(NC(=O)NC2CCC(C(=O)O)CC2)cc1. The van der Waals surface area contributed by atoms with E-state index in [0.29, 0.717) is 25.7 Å². The maximum atomic E-state index is 12.1. The highest BCUT2D eigenvalue weighted by atomic mass is 32.2. The van der Waals surface area contributed by atoms with Gasteiger partial charge in [-0.2, -0.15) is 0 Å². The van der Waals surface area contributed by atoms with E-state index in [9.17, 15) is 9.59 Å². The van der Waals surface area contributed by atoms with Crippen LogP contribution in [0.5, 0.6) is 0 Å². The summed E-state index contributed by atoms with van der Waals surface area (Å²) in [6.45, 7) is 6.49. The van der Waals surface area contributed by atoms with E-state index in [1.165, 1.54) is 4.90 Å². The normalized spacial score (nSPS) is 21.1. The molecule has 5 nitrogen and oxygen atoms in total. The third-order valence-electron chi connectivity index (χ3n) is 3.95. The monoisotopic (exact) mass is 350 g/mol. The number of hydrogen-bond donors (Lipinski definition) is 3. The first-order valence-corrected chi connectivity index (χ1v) is 9.14. The van der Waals surface area contributed by atoms with Gasteiger partial charge in [-0.1, -0.05) is 20.8 Å². The molecule has 1 saturated carbocycles. The molecule has 132 valence electrons. The molecular formula is C18H26N2O3S. The Kier molecular flexibility index (Phi) is 6.15. The van der Waals surface area contributed by atoms with E-state index in [1.54, 1.807) is 11.8 Å². The summed E-state index contributed by atoms with van der Waals surface area (Å²) >= 11 is 1.78. The number of carboxylic acids is 1. The molecule has 24 heavy (non-hydrogen) atoms. The summed E-state index contributed by atoms with van der Waals surface area (Å²) in [7, 11) is 0. The molecule has 6 heteroatoms. The number of carbonyl (C=O) groups is 2. The predicted molar refractivity (Wildman–Crippen MR) is 97.6 cm³/mol. The first-order chi connectivity index (χ1) is 11.2. The van der Waals surface area contributed by atoms with Crippen LogP contribution in [-0.2, 0) is 4.79 Å². The average molecular weight is 350 g/mol. The molecule has 0 aliphatic heterocycles. The van der Waals surface area contributed by atoms with Crippen LogP contribution in [0.15, 0.2) is 29.2 Å². The Balaban J connectivity index is 1.79. The van der Waals surface area contributed by atoms with Gasteiger partial charge in [-0.3, -0.25) is 4.79 Å². The number of rotatable bonds is 4. The van der Waals surface area contributed by atoms with Gasteiger partial charge in [0.15, 0.2) is 0 Å². The fraction of sp³-hybridized carbons (Fsp3) is 0.556. The molecular weight excluding hydrogens is 324 g/mol. The molecule has 0 radical (unpaired) electrons. The van der Waals surface area contributed by atoms with E-state index in [0.717, 1.165) is 5.69 Å². The van der Waals surface area contributed by atoms with Gasteiger partial charge < -0.3 is 15.7 Å². The zero-order valence-electron chi connectivity index (χ0n) is 14.5. The van der Waals surface area contributed by atoms with Gasteiger partial charge >= 0.3 is 12.0 Å². The van der Waals surface area contributed by atoms with Crippen LogP contribution in [0.1, 0.15) is 46.5 Å². The van der Waals surface area contributed by atoms with E-state index < -0.39 is 5.97 Å². The maximum absolute atomic E-state index is 12.1. The average Bonchev–Trinajstić information content (AvgIpc) is 2.48. The lowest BCUT2D eigenvalue weighted by atomic mass is 9.86. The van der Waals surface area contributed by atoms with Gasteiger partial charge in [0, 0.05) is 21.4 Å². The van der Waals surface area contributed by atoms with Crippen LogP contribution in [0.25, 0.3) is 0 Å². The molecule has 0 heterocycles. The van der Waals surface area contributed by atoms with Gasteiger partial charge in [0.2, 0.25) is 0 Å². The topological polar surface area (TPSA) is 78.4 Å². The predicted octanol–water partition coefficient (Wildman–Crippen LogP) is 4.34. The number of carbonyl (C=O) groups excluding carboxylic acids is 1. The van der Waals surface area contributed by atoms with E-state index in [2.05, 4.69) is 31.4 Å². The fourth-order valence-electron chi connectivity index (χ4n) is 2.80. The highest BCUT2D eigenvalue weighted by Crippen LogP contribution is 2.32. The van der Waals surface area contributed by atoms with Crippen LogP contribution in [0.3, 0.4) is 0 Å². The molecule has 1 aromatic carbocycles. The van der Waals surface area contributed by atoms with Gasteiger partial charge in [0.05, 0.1) is 5.92 Å². The molecule has 2 rings (SSSR count). The minimum atomic E-state index is -0.730. The molecule has 0 aromatic heterocycles. The first kappa shape index (κ1) is 18.6. The van der Waals surface area contributed by atoms with Crippen molar-refractivity contribution >= 4 is 29.4 Å². The van der Waals surface area contributed by atoms with Crippen molar-refractivity contribution in [2.75, 3.05) is 5.32 Å². The Bertz CT molecular complexity index is 573. The zero-order valence-corrected chi connectivity index (χ0v) is 15.3. The third-order valence-corrected chi connectivity index (χ3v) is 5.07. The first-order valence-electron chi connectivity index (χ1n) is 8.32. The zero-order chi connectivity index (χ0) is 17.7. The van der Waals surface area contributed by atoms with Crippen LogP contribution in [0.4, 0.5) is 10.5 Å². The number of aliphatic carboxylic acids is 1. The summed E-state index contributed by atoms with van der Waals surface area (Å²) in [6, 6.07) is 7.62. The smallest absolute Gasteiger partial charge is 0.319 e. The van der Waals surface area contributed by atoms with E-state index in [1.807, 2.05) is 24.3 Å². The fourth-order valence-corrected chi connectivity index (χ4v) is 3.78. The molecule has 1 aromatic rings. The van der Waals surface area contributed by atoms with Crippen molar-refractivity contribution in [3.05, 3.63) is 24.3 Å². The lowest BCUT2D eigenvalue weighted by Crippen LogP contribution is -2.40. The molecule has 0 bridgehead atoms. The molecule has 0 unspecified atom stereocenters. The van der Waals surface area contributed by atoms with E-state index in [-0.39, 0.29) is 22.7 Å². The van der Waals surface area contributed by atoms with Crippen LogP contribution in [0, 0.1) is 5.92 Å². The number of nitrogens with one attached hydrogen (secondary N) is 2. The van der Waals surface area contributed by atoms with Crippen molar-refractivity contribution < 1.29 is 14.7 Å². The van der Waals surface area contributed by atoms with Gasteiger partial charge in [-0.25, -0.2) is 4.79 Å². The Morgan fingerprint density at radius 2 is 1.67 bits per heavy atom. The molecule has 0 spiro atoms. The van der Waals surface area contributed by atoms with E-state index in [4.69, 9.17) is 5.11 Å². The molecule has 1 aliphatic rings. The second kappa shape index (κ2) is 7.92. The van der Waals surface area contributed by atoms with Crippen LogP contribution in [-0.4, -0.2) is 27.9 Å². The van der Waals surface area contributed by atoms with Crippen molar-refractivity contribution in [2.45, 2.75) is 62.1 Å². The Labute approximate surface area is 147 Å². The number of thioether (sulfide) groups is 1. The molecule has 0 atom stereocenters. The number of urea groups is 1. The number of carboxylic acid groups (broad SMARTS) is 1. The maximum Gasteiger partial charge on any atom is 0.319 e. The standard InChI is InChI=1S/C18H26N2O3S/c1-18(2,3)24-15-10-8-14(9-11-15)20-17(23)19-13-6-4-12(5-7-13)16(21)22/h8-13H,4-7H2,1-3H3,(H,21,22)(H2,19,20,23). The lowest BCUT2D eigenvalue weighted by molar-refractivity contribution is -0.142. The largest absolute Gasteiger partial charge is 0.481 e. The van der Waals surface area contributed by atoms with Crippen LogP contribution in [0.2, 0.25) is 0 Å². The van der Waals surface area contributed by atoms with Gasteiger partial charge in [0.1, 0.15) is 0 Å². The van der Waals surface area contributed by atoms with Crippen molar-refractivity contribution in [3.63, 3.8) is 0 Å². The summed E-state index contributed by atoms with van der Waals surface area (Å²) in [6.07, 6.45) is 2.68. The number of hydrogen-bond acceptors (Lipinski definition) is 3. The van der Waals surface area contributed by atoms with Gasteiger partial charge in [-0.05, 0) is 49.9 Å². The third kappa shape index (κ3) is 6.07. The summed E-state index contributed by atoms with van der Waals surface area (Å²) in [5.74, 6) is -0.995. The molecule has 1 fully saturated rings. The highest BCUT2D eigenvalue weighted by Gasteiger charge is 2.26. The lowest BCUT2D eigenvalue weighted by Gasteiger charge is -2.26. The Hall–Kier alpha value is -1.69. The highest BCUT2D eigenvalue weighted by molar-refractivity contribution is 8.00. The minimum absolute atomic E-state index is 0.0521. The summed E-state index contributed by atoms with van der Waals surface area (Å²) in [4.78, 5) is 24.2. The molecule has 3 N–H and O–H groups in total. The number of benzene rings is 1. The number of anilines is 1. The van der Waals surface area contributed by atoms with Gasteiger partial charge in [0.25, 0.3) is 0 Å². The Morgan fingerprint density at radius 1 is 1.08 bits per heavy atom. The summed E-state index contributed by atoms with van der Waals surface area (Å²) in [5, 5.41) is 14.8.